The van der Waals surface area contributed by atoms with Gasteiger partial charge in [-0.15, -0.1) is 10.1 Å². The second-order valence-corrected chi connectivity index (χ2v) is 10.9. The Morgan fingerprint density at radius 2 is 1.88 bits per heavy atom. The number of hydrogen-bond donors (Lipinski definition) is 1. The van der Waals surface area contributed by atoms with E-state index < -0.39 is 28.4 Å². The van der Waals surface area contributed by atoms with Crippen molar-refractivity contribution in [2.24, 2.45) is 5.41 Å². The molecule has 1 aromatic rings. The molecule has 0 radical (unpaired) electrons. The molecule has 0 saturated heterocycles. The first-order valence-electron chi connectivity index (χ1n) is 13.5. The predicted octanol–water partition coefficient (Wildman–Crippen LogP) is 4.47. The summed E-state index contributed by atoms with van der Waals surface area (Å²) in [5.41, 5.74) is -0.296. The summed E-state index contributed by atoms with van der Waals surface area (Å²) in [6, 6.07) is 5.00. The summed E-state index contributed by atoms with van der Waals surface area (Å²) in [5.74, 6) is 0.194. The van der Waals surface area contributed by atoms with Crippen LogP contribution in [-0.2, 0) is 24.0 Å². The molecule has 0 heterocycles. The van der Waals surface area contributed by atoms with Crippen molar-refractivity contribution in [1.29, 1.82) is 0 Å². The molecule has 0 spiro atoms. The summed E-state index contributed by atoms with van der Waals surface area (Å²) < 4.78 is 16.4. The van der Waals surface area contributed by atoms with Crippen molar-refractivity contribution in [3.05, 3.63) is 40.0 Å². The molecular weight excluding hydrogens is 524 g/mol. The number of hydroxylamine groups is 2. The molecule has 1 aromatic carbocycles. The molecule has 224 valence electrons. The van der Waals surface area contributed by atoms with Gasteiger partial charge in [-0.25, -0.2) is 5.06 Å². The Hall–Kier alpha value is -3.22. The Morgan fingerprint density at radius 3 is 2.50 bits per heavy atom. The minimum absolute atomic E-state index is 0.0250. The van der Waals surface area contributed by atoms with E-state index in [0.717, 1.165) is 32.1 Å². The lowest BCUT2D eigenvalue weighted by atomic mass is 9.71. The van der Waals surface area contributed by atoms with Crippen molar-refractivity contribution < 1.29 is 43.7 Å². The zero-order valence-corrected chi connectivity index (χ0v) is 23.8. The van der Waals surface area contributed by atoms with Gasteiger partial charge in [0, 0.05) is 5.41 Å². The first-order valence-corrected chi connectivity index (χ1v) is 13.5. The lowest BCUT2D eigenvalue weighted by Crippen LogP contribution is -2.43. The minimum Gasteiger partial charge on any atom is -0.493 e. The maximum Gasteiger partial charge on any atom is 0.311 e. The van der Waals surface area contributed by atoms with Gasteiger partial charge in [0.1, 0.15) is 0 Å². The Balaban J connectivity index is 1.97. The smallest absolute Gasteiger partial charge is 0.311 e. The lowest BCUT2D eigenvalue weighted by Gasteiger charge is -2.40. The fourth-order valence-electron chi connectivity index (χ4n) is 4.60. The van der Waals surface area contributed by atoms with Gasteiger partial charge in [0.2, 0.25) is 6.41 Å². The summed E-state index contributed by atoms with van der Waals surface area (Å²) >= 11 is 0. The van der Waals surface area contributed by atoms with Crippen LogP contribution in [0.4, 0.5) is 0 Å². The van der Waals surface area contributed by atoms with Crippen molar-refractivity contribution in [2.75, 3.05) is 26.9 Å². The van der Waals surface area contributed by atoms with Crippen LogP contribution in [0.5, 0.6) is 11.5 Å². The first-order chi connectivity index (χ1) is 18.9. The molecule has 1 saturated carbocycles. The van der Waals surface area contributed by atoms with E-state index in [1.54, 1.807) is 24.3 Å². The highest BCUT2D eigenvalue weighted by atomic mass is 16.9. The molecule has 40 heavy (non-hydrogen) atoms. The van der Waals surface area contributed by atoms with Crippen LogP contribution in [-0.4, -0.2) is 66.4 Å². The van der Waals surface area contributed by atoms with Crippen molar-refractivity contribution in [1.82, 2.24) is 5.06 Å². The number of hydrogen-bond acceptors (Lipinski definition) is 10. The fraction of sp³-hybridized carbons (Fsp3) is 0.643. The number of amides is 1. The molecule has 1 atom stereocenters. The molecule has 0 bridgehead atoms. The van der Waals surface area contributed by atoms with E-state index in [-0.39, 0.29) is 25.4 Å². The van der Waals surface area contributed by atoms with Gasteiger partial charge >= 0.3 is 5.97 Å². The second-order valence-electron chi connectivity index (χ2n) is 10.9. The largest absolute Gasteiger partial charge is 0.493 e. The number of unbranched alkanes of at least 4 members (excludes halogenated alkanes) is 1. The van der Waals surface area contributed by atoms with Crippen molar-refractivity contribution in [3.63, 3.8) is 0 Å². The Kier molecular flexibility index (Phi) is 13.3. The van der Waals surface area contributed by atoms with E-state index >= 15 is 0 Å². The highest BCUT2D eigenvalue weighted by molar-refractivity contribution is 5.74. The van der Waals surface area contributed by atoms with Gasteiger partial charge in [0.05, 0.1) is 38.9 Å². The van der Waals surface area contributed by atoms with Crippen LogP contribution in [0.15, 0.2) is 24.3 Å². The maximum atomic E-state index is 13.1. The molecule has 12 heteroatoms. The predicted molar refractivity (Wildman–Crippen MR) is 146 cm³/mol. The third kappa shape index (κ3) is 12.3. The van der Waals surface area contributed by atoms with Gasteiger partial charge in [0.15, 0.2) is 17.8 Å². The molecule has 1 fully saturated rings. The third-order valence-corrected chi connectivity index (χ3v) is 6.32. The van der Waals surface area contributed by atoms with Crippen LogP contribution in [0.1, 0.15) is 77.7 Å². The summed E-state index contributed by atoms with van der Waals surface area (Å²) in [4.78, 5) is 44.9. The van der Waals surface area contributed by atoms with Crippen LogP contribution < -0.4 is 9.47 Å². The zero-order valence-electron chi connectivity index (χ0n) is 23.8. The molecule has 0 aliphatic heterocycles. The molecule has 1 aliphatic carbocycles. The van der Waals surface area contributed by atoms with Crippen LogP contribution in [0.3, 0.4) is 0 Å². The first kappa shape index (κ1) is 33.0. The Morgan fingerprint density at radius 1 is 1.18 bits per heavy atom. The highest BCUT2D eigenvalue weighted by Gasteiger charge is 2.38. The number of aliphatic hydroxyl groups is 1. The molecule has 1 N–H and O–H groups in total. The topological polar surface area (TPSA) is 147 Å². The average molecular weight is 567 g/mol. The Bertz CT molecular complexity index is 986. The van der Waals surface area contributed by atoms with E-state index in [1.807, 2.05) is 20.8 Å². The molecular formula is C28H42N2O10. The Labute approximate surface area is 235 Å². The van der Waals surface area contributed by atoms with Crippen LogP contribution >= 0.6 is 0 Å². The standard InChI is InChI=1S/C28H42N2O10/c1-27(2,3)40-29(21-31)20-28(14-6-5-7-15-28)19-26(33)39-23-12-10-22(18-24(23)36-4)11-13-25(32)37-16-8-9-17-38-30(34)35/h10-13,18,21,25,32H,5-9,14-17,19-20H2,1-4H3/b13-11+. The van der Waals surface area contributed by atoms with Crippen molar-refractivity contribution in [2.45, 2.75) is 84.0 Å². The van der Waals surface area contributed by atoms with Crippen LogP contribution in [0.2, 0.25) is 0 Å². The number of benzene rings is 1. The SMILES string of the molecule is COc1cc(/C=C/C(O)OCCCCO[N+](=O)[O-])ccc1OC(=O)CC1(CN(C=O)OC(C)(C)C)CCCCC1. The second kappa shape index (κ2) is 16.1. The van der Waals surface area contributed by atoms with E-state index in [1.165, 1.54) is 18.2 Å². The molecule has 1 amide bonds. The van der Waals surface area contributed by atoms with E-state index in [4.69, 9.17) is 19.0 Å². The number of carbonyl (C=O) groups is 2. The van der Waals surface area contributed by atoms with Gasteiger partial charge in [-0.2, -0.15) is 0 Å². The number of ether oxygens (including phenoxy) is 3. The zero-order chi connectivity index (χ0) is 29.6. The monoisotopic (exact) mass is 566 g/mol. The molecule has 12 nitrogen and oxygen atoms in total. The maximum absolute atomic E-state index is 13.1. The molecule has 1 aliphatic rings. The van der Waals surface area contributed by atoms with Gasteiger partial charge in [-0.05, 0) is 70.2 Å². The summed E-state index contributed by atoms with van der Waals surface area (Å²) in [7, 11) is 1.47. The number of nitrogens with zero attached hydrogens (tertiary/aromatic N) is 2. The number of rotatable bonds is 17. The normalized spacial score (nSPS) is 15.8. The minimum atomic E-state index is -1.17. The van der Waals surface area contributed by atoms with Gasteiger partial charge in [-0.3, -0.25) is 14.4 Å². The van der Waals surface area contributed by atoms with Gasteiger partial charge < -0.3 is 24.2 Å². The summed E-state index contributed by atoms with van der Waals surface area (Å²) in [6.07, 6.45) is 8.22. The number of esters is 1. The van der Waals surface area contributed by atoms with Gasteiger partial charge in [-0.1, -0.05) is 31.4 Å². The molecule has 2 rings (SSSR count). The van der Waals surface area contributed by atoms with Crippen molar-refractivity contribution in [3.8, 4) is 11.5 Å². The summed E-state index contributed by atoms with van der Waals surface area (Å²) in [5, 5.41) is 20.6. The van der Waals surface area contributed by atoms with E-state index in [9.17, 15) is 24.8 Å². The number of aliphatic hydroxyl groups excluding tert-OH is 1. The quantitative estimate of drug-likeness (QED) is 0.0545. The van der Waals surface area contributed by atoms with Crippen LogP contribution in [0, 0.1) is 15.5 Å². The lowest BCUT2D eigenvalue weighted by molar-refractivity contribution is -0.757. The summed E-state index contributed by atoms with van der Waals surface area (Å²) in [6.45, 7) is 6.09. The van der Waals surface area contributed by atoms with Crippen molar-refractivity contribution >= 4 is 18.5 Å². The van der Waals surface area contributed by atoms with Gasteiger partial charge in [0.25, 0.3) is 5.09 Å². The van der Waals surface area contributed by atoms with Crippen LogP contribution in [0.25, 0.3) is 6.08 Å². The third-order valence-electron chi connectivity index (χ3n) is 6.32. The molecule has 1 unspecified atom stereocenters. The fourth-order valence-corrected chi connectivity index (χ4v) is 4.60. The number of carbonyl (C=O) groups excluding carboxylic acids is 2. The number of methoxy groups -OCH3 is 1. The van der Waals surface area contributed by atoms with E-state index in [2.05, 4.69) is 4.84 Å². The van der Waals surface area contributed by atoms with E-state index in [0.29, 0.717) is 37.1 Å². The average Bonchev–Trinajstić information content (AvgIpc) is 2.89. The molecule has 0 aromatic heterocycles. The highest BCUT2D eigenvalue weighted by Crippen LogP contribution is 2.41.